The number of aliphatic hydroxyl groups is 1. The van der Waals surface area contributed by atoms with Gasteiger partial charge in [0, 0.05) is 6.42 Å². The summed E-state index contributed by atoms with van der Waals surface area (Å²) in [6.45, 7) is 5.02. The summed E-state index contributed by atoms with van der Waals surface area (Å²) in [4.78, 5) is 0. The van der Waals surface area contributed by atoms with Crippen LogP contribution in [0.25, 0.3) is 0 Å². The Balaban J connectivity index is 1.62. The summed E-state index contributed by atoms with van der Waals surface area (Å²) in [5, 5.41) is 10.5. The zero-order valence-electron chi connectivity index (χ0n) is 14.0. The Morgan fingerprint density at radius 2 is 1.57 bits per heavy atom. The third-order valence-electron chi connectivity index (χ3n) is 8.72. The van der Waals surface area contributed by atoms with Crippen molar-refractivity contribution in [2.75, 3.05) is 0 Å². The van der Waals surface area contributed by atoms with Gasteiger partial charge in [0.2, 0.25) is 0 Å². The van der Waals surface area contributed by atoms with Crippen LogP contribution >= 0.6 is 0 Å². The number of fused-ring (bicyclic) bond motifs is 5. The second-order valence-electron chi connectivity index (χ2n) is 9.43. The first-order valence-electron chi connectivity index (χ1n) is 9.46. The van der Waals surface area contributed by atoms with E-state index in [1.165, 1.54) is 51.4 Å². The zero-order valence-corrected chi connectivity index (χ0v) is 14.0. The molecule has 2 heteroatoms. The van der Waals surface area contributed by atoms with Gasteiger partial charge in [0.1, 0.15) is 0 Å². The monoisotopic (exact) mass is 292 g/mol. The van der Waals surface area contributed by atoms with Crippen molar-refractivity contribution >= 4 is 0 Å². The predicted molar refractivity (Wildman–Crippen MR) is 84.4 cm³/mol. The van der Waals surface area contributed by atoms with Crippen LogP contribution in [0.5, 0.6) is 0 Å². The predicted octanol–water partition coefficient (Wildman–Crippen LogP) is 3.00. The van der Waals surface area contributed by atoms with E-state index in [0.29, 0.717) is 11.5 Å². The molecule has 21 heavy (non-hydrogen) atoms. The van der Waals surface area contributed by atoms with Crippen LogP contribution in [-0.2, 0) is 0 Å². The van der Waals surface area contributed by atoms with Crippen molar-refractivity contribution < 1.29 is 10.8 Å². The van der Waals surface area contributed by atoms with Crippen molar-refractivity contribution in [2.45, 2.75) is 83.8 Å². The van der Waals surface area contributed by atoms with E-state index < -0.39 is 0 Å². The highest BCUT2D eigenvalue weighted by molar-refractivity contribution is 5.09. The molecule has 0 aromatic rings. The Kier molecular flexibility index (Phi) is 3.25. The molecule has 4 aliphatic carbocycles. The molecule has 0 heterocycles. The Labute approximate surface area is 129 Å². The molecule has 4 saturated carbocycles. The van der Waals surface area contributed by atoms with Gasteiger partial charge in [0.05, 0.1) is 12.1 Å². The SMILES string of the molecule is C[C@]12CC[C@@H]([NH3+])C[C@@H]1CC[C@H]1[C@H]2CC[C@]2(C)[C@H](O)CC[C@H]12. The van der Waals surface area contributed by atoms with Gasteiger partial charge in [-0.25, -0.2) is 0 Å². The lowest BCUT2D eigenvalue weighted by Crippen LogP contribution is -2.65. The Morgan fingerprint density at radius 3 is 2.38 bits per heavy atom. The van der Waals surface area contributed by atoms with Gasteiger partial charge in [-0.15, -0.1) is 0 Å². The van der Waals surface area contributed by atoms with Crippen LogP contribution in [0.4, 0.5) is 0 Å². The van der Waals surface area contributed by atoms with Crippen LogP contribution in [0.15, 0.2) is 0 Å². The molecule has 0 aromatic heterocycles. The molecule has 4 aliphatic rings. The standard InChI is InChI=1S/C19H33NO/c1-18-9-7-13(20)11-12(18)3-4-14-15-5-6-17(21)19(15,2)10-8-16(14)18/h12-17,21H,3-11,20H2,1-2H3/p+1/t12-,13+,14+,15+,16+,17+,18-,19-/m0/s1. The molecule has 4 rings (SSSR count). The minimum Gasteiger partial charge on any atom is -0.393 e. The Hall–Kier alpha value is -0.0800. The molecule has 0 saturated heterocycles. The molecular weight excluding hydrogens is 258 g/mol. The zero-order chi connectivity index (χ0) is 14.8. The van der Waals surface area contributed by atoms with Crippen molar-refractivity contribution in [1.29, 1.82) is 0 Å². The maximum absolute atomic E-state index is 10.5. The largest absolute Gasteiger partial charge is 0.393 e. The molecule has 0 spiro atoms. The second-order valence-corrected chi connectivity index (χ2v) is 9.43. The van der Waals surface area contributed by atoms with Gasteiger partial charge < -0.3 is 10.8 Å². The quantitative estimate of drug-likeness (QED) is 0.708. The van der Waals surface area contributed by atoms with E-state index in [2.05, 4.69) is 19.6 Å². The van der Waals surface area contributed by atoms with E-state index in [1.807, 2.05) is 0 Å². The third-order valence-corrected chi connectivity index (χ3v) is 8.72. The van der Waals surface area contributed by atoms with Crippen LogP contribution < -0.4 is 5.73 Å². The second kappa shape index (κ2) is 4.71. The lowest BCUT2D eigenvalue weighted by Gasteiger charge is -2.60. The van der Waals surface area contributed by atoms with E-state index >= 15 is 0 Å². The van der Waals surface area contributed by atoms with E-state index in [1.54, 1.807) is 0 Å². The molecule has 120 valence electrons. The summed E-state index contributed by atoms with van der Waals surface area (Å²) in [6.07, 6.45) is 12.0. The van der Waals surface area contributed by atoms with Crippen molar-refractivity contribution in [3.8, 4) is 0 Å². The molecule has 0 radical (unpaired) electrons. The average Bonchev–Trinajstić information content (AvgIpc) is 2.76. The summed E-state index contributed by atoms with van der Waals surface area (Å²) in [5.41, 5.74) is 5.20. The molecule has 4 N–H and O–H groups in total. The molecule has 2 nitrogen and oxygen atoms in total. The van der Waals surface area contributed by atoms with Crippen LogP contribution in [0, 0.1) is 34.5 Å². The lowest BCUT2D eigenvalue weighted by atomic mass is 9.45. The maximum atomic E-state index is 10.5. The fourth-order valence-corrected chi connectivity index (χ4v) is 7.32. The summed E-state index contributed by atoms with van der Waals surface area (Å²) >= 11 is 0. The smallest absolute Gasteiger partial charge is 0.0846 e. The highest BCUT2D eigenvalue weighted by Crippen LogP contribution is 2.65. The first kappa shape index (κ1) is 14.5. The van der Waals surface area contributed by atoms with Crippen molar-refractivity contribution in [1.82, 2.24) is 0 Å². The van der Waals surface area contributed by atoms with E-state index in [4.69, 9.17) is 0 Å². The van der Waals surface area contributed by atoms with Gasteiger partial charge in [-0.05, 0) is 85.9 Å². The van der Waals surface area contributed by atoms with Gasteiger partial charge in [-0.1, -0.05) is 13.8 Å². The number of aliphatic hydroxyl groups excluding tert-OH is 1. The number of hydrogen-bond donors (Lipinski definition) is 2. The third kappa shape index (κ3) is 1.91. The molecule has 0 unspecified atom stereocenters. The van der Waals surface area contributed by atoms with Crippen LogP contribution in [0.1, 0.15) is 71.6 Å². The van der Waals surface area contributed by atoms with Crippen LogP contribution in [0.3, 0.4) is 0 Å². The number of hydrogen-bond acceptors (Lipinski definition) is 1. The van der Waals surface area contributed by atoms with Gasteiger partial charge in [-0.3, -0.25) is 0 Å². The van der Waals surface area contributed by atoms with Gasteiger partial charge >= 0.3 is 0 Å². The molecule has 0 bridgehead atoms. The molecule has 8 atom stereocenters. The van der Waals surface area contributed by atoms with Crippen LogP contribution in [-0.4, -0.2) is 17.3 Å². The first-order valence-corrected chi connectivity index (χ1v) is 9.46. The van der Waals surface area contributed by atoms with Crippen LogP contribution in [0.2, 0.25) is 0 Å². The summed E-state index contributed by atoms with van der Waals surface area (Å²) in [6, 6.07) is 0.710. The normalized spacial score (nSPS) is 60.0. The highest BCUT2D eigenvalue weighted by Gasteiger charge is 2.60. The Bertz CT molecular complexity index is 424. The van der Waals surface area contributed by atoms with E-state index in [-0.39, 0.29) is 11.5 Å². The Morgan fingerprint density at radius 1 is 0.857 bits per heavy atom. The fourth-order valence-electron chi connectivity index (χ4n) is 7.32. The molecular formula is C19H34NO+. The van der Waals surface area contributed by atoms with Gasteiger partial charge in [-0.2, -0.15) is 0 Å². The summed E-state index contributed by atoms with van der Waals surface area (Å²) in [7, 11) is 0. The topological polar surface area (TPSA) is 47.9 Å². The highest BCUT2D eigenvalue weighted by atomic mass is 16.3. The van der Waals surface area contributed by atoms with E-state index in [9.17, 15) is 5.11 Å². The van der Waals surface area contributed by atoms with Gasteiger partial charge in [0.25, 0.3) is 0 Å². The minimum absolute atomic E-state index is 0.0236. The van der Waals surface area contributed by atoms with Crippen molar-refractivity contribution in [3.05, 3.63) is 0 Å². The summed E-state index contributed by atoms with van der Waals surface area (Å²) < 4.78 is 0. The van der Waals surface area contributed by atoms with E-state index in [0.717, 1.165) is 30.1 Å². The molecule has 4 fully saturated rings. The maximum Gasteiger partial charge on any atom is 0.0846 e. The first-order chi connectivity index (χ1) is 9.95. The molecule has 0 amide bonds. The minimum atomic E-state index is -0.0236. The molecule has 0 aromatic carbocycles. The fraction of sp³-hybridized carbons (Fsp3) is 1.00. The summed E-state index contributed by atoms with van der Waals surface area (Å²) in [5.74, 6) is 3.59. The number of rotatable bonds is 0. The average molecular weight is 292 g/mol. The van der Waals surface area contributed by atoms with Gasteiger partial charge in [0.15, 0.2) is 0 Å². The lowest BCUT2D eigenvalue weighted by molar-refractivity contribution is -0.433. The van der Waals surface area contributed by atoms with Crippen molar-refractivity contribution in [2.24, 2.45) is 34.5 Å². The number of quaternary nitrogens is 1. The van der Waals surface area contributed by atoms with Crippen molar-refractivity contribution in [3.63, 3.8) is 0 Å². The molecule has 0 aliphatic heterocycles.